The van der Waals surface area contributed by atoms with E-state index in [4.69, 9.17) is 9.84 Å². The van der Waals surface area contributed by atoms with E-state index >= 15 is 0 Å². The molecule has 0 rings (SSSR count). The fraction of sp³-hybridized carbons (Fsp3) is 0.900. The topological polar surface area (TPSA) is 49.8 Å². The van der Waals surface area contributed by atoms with Crippen LogP contribution in [0.1, 0.15) is 27.2 Å². The zero-order valence-corrected chi connectivity index (χ0v) is 9.54. The molecule has 0 aliphatic rings. The maximum absolute atomic E-state index is 11.9. The Morgan fingerprint density at radius 1 is 1.50 bits per heavy atom. The summed E-state index contributed by atoms with van der Waals surface area (Å²) in [4.78, 5) is 13.5. The first kappa shape index (κ1) is 13.4. The van der Waals surface area contributed by atoms with Crippen LogP contribution in [-0.4, -0.2) is 48.3 Å². The van der Waals surface area contributed by atoms with Gasteiger partial charge in [-0.1, -0.05) is 6.92 Å². The Bertz CT molecular complexity index is 178. The molecule has 0 saturated carbocycles. The molecule has 0 fully saturated rings. The van der Waals surface area contributed by atoms with Gasteiger partial charge in [0.2, 0.25) is 0 Å². The van der Waals surface area contributed by atoms with E-state index in [1.54, 1.807) is 11.8 Å². The largest absolute Gasteiger partial charge is 0.395 e. The van der Waals surface area contributed by atoms with Crippen LogP contribution in [0.4, 0.5) is 0 Å². The molecule has 0 aromatic carbocycles. The fourth-order valence-corrected chi connectivity index (χ4v) is 1.24. The molecule has 4 heteroatoms. The summed E-state index contributed by atoms with van der Waals surface area (Å²) in [6.07, 6.45) is 0.629. The van der Waals surface area contributed by atoms with Crippen LogP contribution in [0.2, 0.25) is 0 Å². The number of ether oxygens (including phenoxy) is 1. The summed E-state index contributed by atoms with van der Waals surface area (Å²) in [5.74, 6) is -0.0564. The van der Waals surface area contributed by atoms with Gasteiger partial charge in [0, 0.05) is 20.2 Å². The Balaban J connectivity index is 4.53. The van der Waals surface area contributed by atoms with Gasteiger partial charge in [0.05, 0.1) is 6.61 Å². The summed E-state index contributed by atoms with van der Waals surface area (Å²) >= 11 is 0. The highest BCUT2D eigenvalue weighted by molar-refractivity contribution is 5.84. The van der Waals surface area contributed by atoms with Crippen molar-refractivity contribution in [2.75, 3.05) is 26.8 Å². The molecule has 0 saturated heterocycles. The van der Waals surface area contributed by atoms with Gasteiger partial charge in [-0.15, -0.1) is 0 Å². The van der Waals surface area contributed by atoms with Crippen molar-refractivity contribution < 1.29 is 14.6 Å². The molecule has 0 aromatic rings. The number of aliphatic hydroxyl groups is 1. The van der Waals surface area contributed by atoms with E-state index in [1.165, 1.54) is 7.11 Å². The summed E-state index contributed by atoms with van der Waals surface area (Å²) in [6.45, 7) is 6.53. The molecule has 0 bridgehead atoms. The predicted molar refractivity (Wildman–Crippen MR) is 55.0 cm³/mol. The molecular formula is C10H21NO3. The van der Waals surface area contributed by atoms with Crippen molar-refractivity contribution in [1.82, 2.24) is 4.90 Å². The lowest BCUT2D eigenvalue weighted by Gasteiger charge is -2.31. The zero-order chi connectivity index (χ0) is 11.2. The zero-order valence-electron chi connectivity index (χ0n) is 9.54. The van der Waals surface area contributed by atoms with E-state index in [2.05, 4.69) is 0 Å². The number of aliphatic hydroxyl groups excluding tert-OH is 1. The average Bonchev–Trinajstić information content (AvgIpc) is 2.23. The van der Waals surface area contributed by atoms with Crippen molar-refractivity contribution in [1.29, 1.82) is 0 Å². The molecule has 4 nitrogen and oxygen atoms in total. The Kier molecular flexibility index (Phi) is 5.72. The third-order valence-corrected chi connectivity index (χ3v) is 2.62. The van der Waals surface area contributed by atoms with Crippen molar-refractivity contribution in [3.63, 3.8) is 0 Å². The third-order valence-electron chi connectivity index (χ3n) is 2.62. The molecule has 0 heterocycles. The van der Waals surface area contributed by atoms with Gasteiger partial charge in [0.25, 0.3) is 5.91 Å². The van der Waals surface area contributed by atoms with Crippen LogP contribution >= 0.6 is 0 Å². The van der Waals surface area contributed by atoms with Crippen LogP contribution in [0.25, 0.3) is 0 Å². The van der Waals surface area contributed by atoms with Crippen LogP contribution in [0.5, 0.6) is 0 Å². The normalized spacial score (nSPS) is 14.9. The SMILES string of the molecule is CCN(CCO)C(=O)C(C)(CC)OC. The van der Waals surface area contributed by atoms with Gasteiger partial charge < -0.3 is 14.7 Å². The van der Waals surface area contributed by atoms with E-state index < -0.39 is 5.60 Å². The number of carbonyl (C=O) groups excluding carboxylic acids is 1. The van der Waals surface area contributed by atoms with Gasteiger partial charge >= 0.3 is 0 Å². The second-order valence-corrected chi connectivity index (χ2v) is 3.40. The first-order valence-electron chi connectivity index (χ1n) is 5.01. The summed E-state index contributed by atoms with van der Waals surface area (Å²) < 4.78 is 5.21. The van der Waals surface area contributed by atoms with E-state index in [1.807, 2.05) is 13.8 Å². The third kappa shape index (κ3) is 2.96. The first-order chi connectivity index (χ1) is 6.55. The standard InChI is InChI=1S/C10H21NO3/c1-5-10(3,14-4)9(13)11(6-2)7-8-12/h12H,5-8H2,1-4H3. The smallest absolute Gasteiger partial charge is 0.254 e. The average molecular weight is 203 g/mol. The number of likely N-dealkylation sites (N-methyl/N-ethyl adjacent to an activating group) is 1. The maximum Gasteiger partial charge on any atom is 0.254 e. The first-order valence-corrected chi connectivity index (χ1v) is 5.01. The molecular weight excluding hydrogens is 182 g/mol. The van der Waals surface area contributed by atoms with Crippen molar-refractivity contribution in [3.05, 3.63) is 0 Å². The Morgan fingerprint density at radius 3 is 2.36 bits per heavy atom. The van der Waals surface area contributed by atoms with Crippen LogP contribution < -0.4 is 0 Å². The molecule has 1 N–H and O–H groups in total. The number of hydrogen-bond donors (Lipinski definition) is 1. The molecule has 0 radical (unpaired) electrons. The number of hydrogen-bond acceptors (Lipinski definition) is 3. The molecule has 0 spiro atoms. The summed E-state index contributed by atoms with van der Waals surface area (Å²) in [5, 5.41) is 8.79. The van der Waals surface area contributed by atoms with Crippen LogP contribution in [-0.2, 0) is 9.53 Å². The predicted octanol–water partition coefficient (Wildman–Crippen LogP) is 0.642. The second kappa shape index (κ2) is 5.98. The number of amides is 1. The van der Waals surface area contributed by atoms with Gasteiger partial charge in [0.1, 0.15) is 5.60 Å². The van der Waals surface area contributed by atoms with Gasteiger partial charge in [-0.2, -0.15) is 0 Å². The lowest BCUT2D eigenvalue weighted by Crippen LogP contribution is -2.48. The number of nitrogens with zero attached hydrogens (tertiary/aromatic N) is 1. The van der Waals surface area contributed by atoms with Gasteiger partial charge in [0.15, 0.2) is 0 Å². The summed E-state index contributed by atoms with van der Waals surface area (Å²) in [7, 11) is 1.54. The van der Waals surface area contributed by atoms with Crippen LogP contribution in [0, 0.1) is 0 Å². The van der Waals surface area contributed by atoms with Crippen molar-refractivity contribution in [2.45, 2.75) is 32.8 Å². The Labute approximate surface area is 85.9 Å². The summed E-state index contributed by atoms with van der Waals surface area (Å²) in [5.41, 5.74) is -0.759. The molecule has 14 heavy (non-hydrogen) atoms. The number of rotatable bonds is 6. The van der Waals surface area contributed by atoms with Crippen molar-refractivity contribution in [2.24, 2.45) is 0 Å². The Morgan fingerprint density at radius 2 is 2.07 bits per heavy atom. The molecule has 1 atom stereocenters. The monoisotopic (exact) mass is 203 g/mol. The minimum Gasteiger partial charge on any atom is -0.395 e. The highest BCUT2D eigenvalue weighted by Crippen LogP contribution is 2.17. The van der Waals surface area contributed by atoms with Gasteiger partial charge in [-0.3, -0.25) is 4.79 Å². The molecule has 1 unspecified atom stereocenters. The van der Waals surface area contributed by atoms with Gasteiger partial charge in [-0.05, 0) is 20.3 Å². The number of methoxy groups -OCH3 is 1. The van der Waals surface area contributed by atoms with Gasteiger partial charge in [-0.25, -0.2) is 0 Å². The second-order valence-electron chi connectivity index (χ2n) is 3.40. The minimum absolute atomic E-state index is 0.0108. The summed E-state index contributed by atoms with van der Waals surface area (Å²) in [6, 6.07) is 0. The quantitative estimate of drug-likeness (QED) is 0.689. The van der Waals surface area contributed by atoms with E-state index in [0.717, 1.165) is 0 Å². The van der Waals surface area contributed by atoms with Crippen LogP contribution in [0.3, 0.4) is 0 Å². The fourth-order valence-electron chi connectivity index (χ4n) is 1.24. The van der Waals surface area contributed by atoms with Crippen molar-refractivity contribution >= 4 is 5.91 Å². The van der Waals surface area contributed by atoms with Crippen molar-refractivity contribution in [3.8, 4) is 0 Å². The molecule has 0 aliphatic carbocycles. The van der Waals surface area contributed by atoms with E-state index in [0.29, 0.717) is 19.5 Å². The molecule has 84 valence electrons. The lowest BCUT2D eigenvalue weighted by atomic mass is 10.0. The van der Waals surface area contributed by atoms with E-state index in [-0.39, 0.29) is 12.5 Å². The lowest BCUT2D eigenvalue weighted by molar-refractivity contribution is -0.153. The molecule has 0 aliphatic heterocycles. The highest BCUT2D eigenvalue weighted by atomic mass is 16.5. The maximum atomic E-state index is 11.9. The highest BCUT2D eigenvalue weighted by Gasteiger charge is 2.34. The Hall–Kier alpha value is -0.610. The number of carbonyl (C=O) groups is 1. The molecule has 1 amide bonds. The van der Waals surface area contributed by atoms with E-state index in [9.17, 15) is 4.79 Å². The molecule has 0 aromatic heterocycles. The van der Waals surface area contributed by atoms with Crippen LogP contribution in [0.15, 0.2) is 0 Å². The minimum atomic E-state index is -0.759.